The van der Waals surface area contributed by atoms with Gasteiger partial charge < -0.3 is 24.4 Å². The monoisotopic (exact) mass is 338 g/mol. The summed E-state index contributed by atoms with van der Waals surface area (Å²) >= 11 is 1.16. The van der Waals surface area contributed by atoms with Crippen molar-refractivity contribution in [3.8, 4) is 11.5 Å². The second kappa shape index (κ2) is 6.78. The molecule has 8 nitrogen and oxygen atoms in total. The van der Waals surface area contributed by atoms with Gasteiger partial charge in [-0.15, -0.1) is 0 Å². The Hall–Kier alpha value is -2.42. The van der Waals surface area contributed by atoms with Crippen LogP contribution in [0.25, 0.3) is 0 Å². The largest absolute Gasteiger partial charge is 0.454 e. The van der Waals surface area contributed by atoms with Crippen molar-refractivity contribution >= 4 is 34.6 Å². The summed E-state index contributed by atoms with van der Waals surface area (Å²) in [5.74, 6) is 0.741. The van der Waals surface area contributed by atoms with Crippen molar-refractivity contribution in [1.82, 2.24) is 4.90 Å². The van der Waals surface area contributed by atoms with E-state index in [0.29, 0.717) is 29.5 Å². The zero-order chi connectivity index (χ0) is 16.2. The molecule has 2 heterocycles. The number of fused-ring (bicyclic) bond motifs is 1. The average molecular weight is 338 g/mol. The Morgan fingerprint density at radius 3 is 2.91 bits per heavy atom. The summed E-state index contributed by atoms with van der Waals surface area (Å²) in [6.07, 6.45) is 0. The molecule has 0 bridgehead atoms. The minimum atomic E-state index is -0.610. The number of hydrogen-bond donors (Lipinski definition) is 1. The van der Waals surface area contributed by atoms with Gasteiger partial charge in [-0.3, -0.25) is 14.4 Å². The molecule has 9 heteroatoms. The van der Waals surface area contributed by atoms with Gasteiger partial charge in [-0.05, 0) is 12.1 Å². The molecular weight excluding hydrogens is 324 g/mol. The highest BCUT2D eigenvalue weighted by atomic mass is 32.2. The summed E-state index contributed by atoms with van der Waals surface area (Å²) in [5, 5.41) is 2.45. The molecule has 0 aromatic heterocycles. The van der Waals surface area contributed by atoms with E-state index >= 15 is 0 Å². The number of thioether (sulfide) groups is 1. The van der Waals surface area contributed by atoms with Gasteiger partial charge in [0.1, 0.15) is 6.54 Å². The number of amides is 2. The molecule has 1 aromatic rings. The Balaban J connectivity index is 1.44. The van der Waals surface area contributed by atoms with E-state index in [2.05, 4.69) is 5.32 Å². The molecule has 1 aromatic carbocycles. The first-order chi connectivity index (χ1) is 11.1. The lowest BCUT2D eigenvalue weighted by Crippen LogP contribution is -2.32. The first-order valence-corrected chi connectivity index (χ1v) is 7.87. The van der Waals surface area contributed by atoms with Crippen LogP contribution in [0.15, 0.2) is 18.2 Å². The first-order valence-electron chi connectivity index (χ1n) is 6.88. The normalized spacial score (nSPS) is 15.7. The number of carbonyl (C=O) groups is 3. The quantitative estimate of drug-likeness (QED) is 0.802. The number of anilines is 1. The molecule has 0 radical (unpaired) electrons. The van der Waals surface area contributed by atoms with Crippen LogP contribution in [0.2, 0.25) is 0 Å². The van der Waals surface area contributed by atoms with Crippen molar-refractivity contribution in [3.05, 3.63) is 18.2 Å². The minimum absolute atomic E-state index is 0.136. The fourth-order valence-electron chi connectivity index (χ4n) is 2.09. The second-order valence-corrected chi connectivity index (χ2v) is 5.86. The number of nitrogens with one attached hydrogen (secondary N) is 1. The van der Waals surface area contributed by atoms with E-state index in [1.54, 1.807) is 18.2 Å². The molecular formula is C14H14N2O6S. The van der Waals surface area contributed by atoms with Gasteiger partial charge >= 0.3 is 5.97 Å². The van der Waals surface area contributed by atoms with Crippen molar-refractivity contribution in [3.63, 3.8) is 0 Å². The van der Waals surface area contributed by atoms with E-state index in [0.717, 1.165) is 11.8 Å². The molecule has 122 valence electrons. The molecule has 23 heavy (non-hydrogen) atoms. The zero-order valence-corrected chi connectivity index (χ0v) is 12.9. The number of esters is 1. The molecule has 1 saturated heterocycles. The molecule has 1 fully saturated rings. The van der Waals surface area contributed by atoms with Crippen LogP contribution in [0.1, 0.15) is 0 Å². The van der Waals surface area contributed by atoms with Gasteiger partial charge in [0.2, 0.25) is 6.79 Å². The average Bonchev–Trinajstić information content (AvgIpc) is 3.14. The number of benzene rings is 1. The van der Waals surface area contributed by atoms with Crippen molar-refractivity contribution in [2.75, 3.05) is 37.6 Å². The summed E-state index contributed by atoms with van der Waals surface area (Å²) < 4.78 is 15.2. The summed E-state index contributed by atoms with van der Waals surface area (Å²) in [5.41, 5.74) is 0.515. The van der Waals surface area contributed by atoms with Crippen molar-refractivity contribution in [1.29, 1.82) is 0 Å². The lowest BCUT2D eigenvalue weighted by atomic mass is 10.3. The molecule has 0 saturated carbocycles. The Kier molecular flexibility index (Phi) is 4.56. The van der Waals surface area contributed by atoms with Gasteiger partial charge in [-0.1, -0.05) is 11.8 Å². The minimum Gasteiger partial charge on any atom is -0.454 e. The molecule has 0 unspecified atom stereocenters. The van der Waals surface area contributed by atoms with Crippen LogP contribution < -0.4 is 14.8 Å². The van der Waals surface area contributed by atoms with Gasteiger partial charge in [0, 0.05) is 24.1 Å². The third-order valence-electron chi connectivity index (χ3n) is 3.19. The van der Waals surface area contributed by atoms with Crippen molar-refractivity contribution in [2.45, 2.75) is 0 Å². The Labute approximate surface area is 136 Å². The standard InChI is InChI=1S/C14H14N2O6S/c17-12(7-20-13(18)6-16-3-4-23-14(16)19)15-9-1-2-10-11(5-9)22-8-21-10/h1-2,5H,3-4,6-8H2,(H,15,17). The van der Waals surface area contributed by atoms with E-state index in [4.69, 9.17) is 14.2 Å². The second-order valence-electron chi connectivity index (χ2n) is 4.81. The summed E-state index contributed by atoms with van der Waals surface area (Å²) in [6.45, 7) is 0.116. The predicted molar refractivity (Wildman–Crippen MR) is 81.6 cm³/mol. The summed E-state index contributed by atoms with van der Waals surface area (Å²) in [6, 6.07) is 4.97. The van der Waals surface area contributed by atoms with E-state index in [-0.39, 0.29) is 18.6 Å². The maximum atomic E-state index is 11.8. The Morgan fingerprint density at radius 1 is 1.30 bits per heavy atom. The number of hydrogen-bond acceptors (Lipinski definition) is 7. The van der Waals surface area contributed by atoms with E-state index < -0.39 is 18.5 Å². The lowest BCUT2D eigenvalue weighted by Gasteiger charge is -2.13. The van der Waals surface area contributed by atoms with Crippen LogP contribution in [0.5, 0.6) is 11.5 Å². The van der Waals surface area contributed by atoms with Gasteiger partial charge in [-0.25, -0.2) is 0 Å². The molecule has 2 amide bonds. The predicted octanol–water partition coefficient (Wildman–Crippen LogP) is 1.07. The third-order valence-corrected chi connectivity index (χ3v) is 4.08. The van der Waals surface area contributed by atoms with Crippen molar-refractivity contribution < 1.29 is 28.6 Å². The van der Waals surface area contributed by atoms with E-state index in [9.17, 15) is 14.4 Å². The Morgan fingerprint density at radius 2 is 2.13 bits per heavy atom. The van der Waals surface area contributed by atoms with Gasteiger partial charge in [-0.2, -0.15) is 0 Å². The number of carbonyl (C=O) groups excluding carboxylic acids is 3. The number of nitrogens with zero attached hydrogens (tertiary/aromatic N) is 1. The van der Waals surface area contributed by atoms with E-state index in [1.807, 2.05) is 0 Å². The van der Waals surface area contributed by atoms with Gasteiger partial charge in [0.25, 0.3) is 11.1 Å². The SMILES string of the molecule is O=C(COC(=O)CN1CCSC1=O)Nc1ccc2c(c1)OCO2. The topological polar surface area (TPSA) is 94.2 Å². The zero-order valence-electron chi connectivity index (χ0n) is 12.1. The maximum absolute atomic E-state index is 11.8. The lowest BCUT2D eigenvalue weighted by molar-refractivity contribution is -0.147. The fourth-order valence-corrected chi connectivity index (χ4v) is 2.91. The van der Waals surface area contributed by atoms with Gasteiger partial charge in [0.05, 0.1) is 0 Å². The van der Waals surface area contributed by atoms with Crippen molar-refractivity contribution in [2.24, 2.45) is 0 Å². The van der Waals surface area contributed by atoms with Crippen LogP contribution in [-0.4, -0.2) is 54.3 Å². The first kappa shape index (κ1) is 15.5. The summed E-state index contributed by atoms with van der Waals surface area (Å²) in [7, 11) is 0. The molecule has 2 aliphatic heterocycles. The molecule has 2 aliphatic rings. The highest BCUT2D eigenvalue weighted by Gasteiger charge is 2.24. The highest BCUT2D eigenvalue weighted by molar-refractivity contribution is 8.13. The number of rotatable bonds is 5. The molecule has 1 N–H and O–H groups in total. The smallest absolute Gasteiger partial charge is 0.326 e. The molecule has 3 rings (SSSR count). The van der Waals surface area contributed by atoms with Crippen LogP contribution in [-0.2, 0) is 14.3 Å². The van der Waals surface area contributed by atoms with Gasteiger partial charge in [0.15, 0.2) is 18.1 Å². The molecule has 0 atom stereocenters. The third kappa shape index (κ3) is 3.86. The Bertz CT molecular complexity index is 650. The fraction of sp³-hybridized carbons (Fsp3) is 0.357. The molecule has 0 spiro atoms. The summed E-state index contributed by atoms with van der Waals surface area (Å²) in [4.78, 5) is 36.1. The van der Waals surface area contributed by atoms with Crippen LogP contribution in [0, 0.1) is 0 Å². The maximum Gasteiger partial charge on any atom is 0.326 e. The van der Waals surface area contributed by atoms with E-state index in [1.165, 1.54) is 4.90 Å². The van der Waals surface area contributed by atoms with Crippen LogP contribution in [0.3, 0.4) is 0 Å². The molecule has 0 aliphatic carbocycles. The van der Waals surface area contributed by atoms with Crippen LogP contribution in [0.4, 0.5) is 10.5 Å². The van der Waals surface area contributed by atoms with Crippen LogP contribution >= 0.6 is 11.8 Å². The highest BCUT2D eigenvalue weighted by Crippen LogP contribution is 2.34. The number of ether oxygens (including phenoxy) is 3.